The number of amides is 2. The standard InChI is InChI=1S/C34H38FN5O5/c1-20-14-23-6-8-27(20)21(2)19-45-34(42)39-26-16-24(31(29(35)17-26)44-13-5-12-43-4)18-40(3)33(41)30(23)38-25-7-9-28-22(15-25)10-11-37-32(28)36/h6-11,14-17,21,30,38H,5,12-13,18-19H2,1-4H3,(H2,36,37)(H,39,42). The lowest BCUT2D eigenvalue weighted by atomic mass is 9.93. The number of nitrogens with one attached hydrogen (secondary N) is 2. The van der Waals surface area contributed by atoms with E-state index < -0.39 is 18.0 Å². The molecule has 0 saturated carbocycles. The van der Waals surface area contributed by atoms with Gasteiger partial charge >= 0.3 is 6.09 Å². The first-order chi connectivity index (χ1) is 21.6. The van der Waals surface area contributed by atoms with E-state index in [1.54, 1.807) is 26.4 Å². The quantitative estimate of drug-likeness (QED) is 0.211. The van der Waals surface area contributed by atoms with Gasteiger partial charge in [0.1, 0.15) is 11.9 Å². The number of likely N-dealkylation sites (N-methyl/N-ethyl adjacent to an activating group) is 1. The predicted octanol–water partition coefficient (Wildman–Crippen LogP) is 6.16. The normalized spacial score (nSPS) is 17.2. The highest BCUT2D eigenvalue weighted by Gasteiger charge is 2.27. The van der Waals surface area contributed by atoms with Crippen LogP contribution in [0.3, 0.4) is 0 Å². The van der Waals surface area contributed by atoms with E-state index in [1.807, 2.05) is 56.3 Å². The minimum absolute atomic E-state index is 0.00448. The zero-order valence-electron chi connectivity index (χ0n) is 25.9. The number of benzene rings is 3. The summed E-state index contributed by atoms with van der Waals surface area (Å²) < 4.78 is 31.8. The Kier molecular flexibility index (Phi) is 9.68. The fourth-order valence-corrected chi connectivity index (χ4v) is 5.55. The number of pyridine rings is 1. The molecule has 45 heavy (non-hydrogen) atoms. The molecule has 10 nitrogen and oxygen atoms in total. The Morgan fingerprint density at radius 2 is 1.96 bits per heavy atom. The summed E-state index contributed by atoms with van der Waals surface area (Å²) in [6, 6.07) is 15.3. The Morgan fingerprint density at radius 1 is 1.13 bits per heavy atom. The molecule has 236 valence electrons. The third-order valence-electron chi connectivity index (χ3n) is 7.87. The number of aryl methyl sites for hydroxylation is 1. The van der Waals surface area contributed by atoms with Crippen LogP contribution < -0.4 is 21.1 Å². The van der Waals surface area contributed by atoms with Gasteiger partial charge in [-0.05, 0) is 59.3 Å². The molecule has 11 heteroatoms. The second-order valence-electron chi connectivity index (χ2n) is 11.3. The highest BCUT2D eigenvalue weighted by atomic mass is 19.1. The minimum Gasteiger partial charge on any atom is -0.490 e. The lowest BCUT2D eigenvalue weighted by Crippen LogP contribution is -2.35. The number of aromatic nitrogens is 1. The molecule has 6 rings (SSSR count). The first-order valence-electron chi connectivity index (χ1n) is 14.8. The summed E-state index contributed by atoms with van der Waals surface area (Å²) >= 11 is 0. The SMILES string of the molecule is COCCCOc1c(F)cc2cc1CN(C)C(=O)C(Nc1ccc3c(N)nccc3c1)c1ccc(c(C)c1)C(C)COC(=O)N2. The monoisotopic (exact) mass is 615 g/mol. The molecule has 2 atom stereocenters. The molecular weight excluding hydrogens is 577 g/mol. The van der Waals surface area contributed by atoms with E-state index in [-0.39, 0.29) is 43.0 Å². The molecule has 0 saturated heterocycles. The Bertz CT molecular complexity index is 1710. The Hall–Kier alpha value is -4.90. The van der Waals surface area contributed by atoms with Gasteiger partial charge in [-0.3, -0.25) is 10.1 Å². The number of anilines is 3. The van der Waals surface area contributed by atoms with Crippen LogP contribution in [0.25, 0.3) is 10.8 Å². The molecule has 2 aliphatic rings. The molecule has 0 fully saturated rings. The molecule has 4 N–H and O–H groups in total. The number of nitrogens with zero attached hydrogens (tertiary/aromatic N) is 2. The van der Waals surface area contributed by atoms with Gasteiger partial charge in [-0.15, -0.1) is 0 Å². The zero-order valence-corrected chi connectivity index (χ0v) is 25.9. The van der Waals surface area contributed by atoms with E-state index in [2.05, 4.69) is 15.6 Å². The van der Waals surface area contributed by atoms with Crippen LogP contribution in [0, 0.1) is 12.7 Å². The van der Waals surface area contributed by atoms with Crippen LogP contribution in [-0.4, -0.2) is 55.9 Å². The van der Waals surface area contributed by atoms with Crippen molar-refractivity contribution in [1.29, 1.82) is 0 Å². The number of rotatable bonds is 7. The molecule has 0 radical (unpaired) electrons. The summed E-state index contributed by atoms with van der Waals surface area (Å²) in [5.74, 6) is -0.613. The van der Waals surface area contributed by atoms with Crippen LogP contribution in [0.4, 0.5) is 26.4 Å². The molecule has 4 aromatic rings. The molecular formula is C34H38FN5O5. The van der Waals surface area contributed by atoms with Gasteiger partial charge in [-0.25, -0.2) is 14.2 Å². The van der Waals surface area contributed by atoms with E-state index in [1.165, 1.54) is 11.0 Å². The smallest absolute Gasteiger partial charge is 0.411 e. The number of halogens is 1. The van der Waals surface area contributed by atoms with Crippen molar-refractivity contribution in [3.05, 3.63) is 88.9 Å². The van der Waals surface area contributed by atoms with Crippen molar-refractivity contribution in [2.75, 3.05) is 50.3 Å². The van der Waals surface area contributed by atoms with Gasteiger partial charge in [-0.1, -0.05) is 25.1 Å². The molecule has 2 unspecified atom stereocenters. The molecule has 1 aromatic heterocycles. The van der Waals surface area contributed by atoms with Gasteiger partial charge < -0.3 is 30.2 Å². The number of carbonyl (C=O) groups excluding carboxylic acids is 2. The molecule has 2 amide bonds. The second kappa shape index (κ2) is 13.8. The van der Waals surface area contributed by atoms with Crippen LogP contribution >= 0.6 is 0 Å². The average molecular weight is 616 g/mol. The van der Waals surface area contributed by atoms with E-state index in [0.717, 1.165) is 33.2 Å². The van der Waals surface area contributed by atoms with Gasteiger partial charge in [0.05, 0.1) is 13.2 Å². The Morgan fingerprint density at radius 3 is 2.73 bits per heavy atom. The maximum Gasteiger partial charge on any atom is 0.411 e. The summed E-state index contributed by atoms with van der Waals surface area (Å²) in [7, 11) is 3.23. The number of nitrogen functional groups attached to an aromatic ring is 1. The van der Waals surface area contributed by atoms with Crippen molar-refractivity contribution < 1.29 is 28.2 Å². The molecule has 0 aliphatic carbocycles. The zero-order chi connectivity index (χ0) is 32.1. The number of carbonyl (C=O) groups is 2. The molecule has 3 aromatic carbocycles. The fraction of sp³-hybridized carbons (Fsp3) is 0.324. The topological polar surface area (TPSA) is 128 Å². The maximum absolute atomic E-state index is 15.4. The van der Waals surface area contributed by atoms with Crippen molar-refractivity contribution in [1.82, 2.24) is 9.88 Å². The Labute approximate surface area is 261 Å². The lowest BCUT2D eigenvalue weighted by molar-refractivity contribution is -0.131. The van der Waals surface area contributed by atoms with Crippen LogP contribution in [0.2, 0.25) is 0 Å². The van der Waals surface area contributed by atoms with Crippen molar-refractivity contribution in [3.8, 4) is 5.75 Å². The van der Waals surface area contributed by atoms with E-state index in [0.29, 0.717) is 24.4 Å². The predicted molar refractivity (Wildman–Crippen MR) is 172 cm³/mol. The summed E-state index contributed by atoms with van der Waals surface area (Å²) in [4.78, 5) is 32.6. The first kappa shape index (κ1) is 31.5. The van der Waals surface area contributed by atoms with Gasteiger partial charge in [-0.2, -0.15) is 0 Å². The average Bonchev–Trinajstić information content (AvgIpc) is 3.01. The number of fused-ring (bicyclic) bond motifs is 10. The van der Waals surface area contributed by atoms with Gasteiger partial charge in [0.2, 0.25) is 5.91 Å². The van der Waals surface area contributed by atoms with Crippen LogP contribution in [0.15, 0.2) is 60.8 Å². The van der Waals surface area contributed by atoms with Crippen molar-refractivity contribution >= 4 is 40.0 Å². The van der Waals surface area contributed by atoms with Gasteiger partial charge in [0, 0.05) is 74.2 Å². The largest absolute Gasteiger partial charge is 0.490 e. The third-order valence-corrected chi connectivity index (χ3v) is 7.87. The van der Waals surface area contributed by atoms with E-state index in [9.17, 15) is 9.59 Å². The summed E-state index contributed by atoms with van der Waals surface area (Å²) in [5, 5.41) is 7.73. The third kappa shape index (κ3) is 7.26. The molecule has 0 spiro atoms. The van der Waals surface area contributed by atoms with Gasteiger partial charge in [0.25, 0.3) is 0 Å². The fourth-order valence-electron chi connectivity index (χ4n) is 5.55. The van der Waals surface area contributed by atoms with Crippen molar-refractivity contribution in [3.63, 3.8) is 0 Å². The number of hydrogen-bond acceptors (Lipinski definition) is 8. The highest BCUT2D eigenvalue weighted by molar-refractivity contribution is 5.94. The van der Waals surface area contributed by atoms with E-state index in [4.69, 9.17) is 19.9 Å². The summed E-state index contributed by atoms with van der Waals surface area (Å²) in [5.41, 5.74) is 10.0. The van der Waals surface area contributed by atoms with Gasteiger partial charge in [0.15, 0.2) is 11.6 Å². The highest BCUT2D eigenvalue weighted by Crippen LogP contribution is 2.32. The minimum atomic E-state index is -0.780. The number of hydrogen-bond donors (Lipinski definition) is 3. The Balaban J connectivity index is 1.55. The number of ether oxygens (including phenoxy) is 3. The van der Waals surface area contributed by atoms with Crippen molar-refractivity contribution in [2.45, 2.75) is 38.8 Å². The van der Waals surface area contributed by atoms with Crippen LogP contribution in [-0.2, 0) is 20.8 Å². The maximum atomic E-state index is 15.4. The van der Waals surface area contributed by atoms with Crippen LogP contribution in [0.5, 0.6) is 5.75 Å². The summed E-state index contributed by atoms with van der Waals surface area (Å²) in [6.07, 6.45) is 1.48. The second-order valence-corrected chi connectivity index (χ2v) is 11.3. The lowest BCUT2D eigenvalue weighted by Gasteiger charge is -2.28. The van der Waals surface area contributed by atoms with Crippen molar-refractivity contribution in [2.24, 2.45) is 0 Å². The number of methoxy groups -OCH3 is 1. The van der Waals surface area contributed by atoms with E-state index >= 15 is 4.39 Å². The molecule has 3 heterocycles. The number of nitrogens with two attached hydrogens (primary N) is 1. The first-order valence-corrected chi connectivity index (χ1v) is 14.8. The molecule has 4 bridgehead atoms. The summed E-state index contributed by atoms with van der Waals surface area (Å²) in [6.45, 7) is 4.70. The molecule has 2 aliphatic heterocycles. The van der Waals surface area contributed by atoms with Crippen LogP contribution in [0.1, 0.15) is 47.6 Å².